The largest absolute Gasteiger partial charge is 0.326 e. The van der Waals surface area contributed by atoms with Gasteiger partial charge in [-0.15, -0.1) is 0 Å². The van der Waals surface area contributed by atoms with Crippen LogP contribution in [0.3, 0.4) is 0 Å². The van der Waals surface area contributed by atoms with Crippen molar-refractivity contribution in [2.24, 2.45) is 0 Å². The molecule has 23 heavy (non-hydrogen) atoms. The third-order valence-corrected chi connectivity index (χ3v) is 4.36. The molecule has 2 aromatic rings. The second-order valence-electron chi connectivity index (χ2n) is 4.93. The van der Waals surface area contributed by atoms with Gasteiger partial charge < -0.3 is 10.6 Å². The number of nitrogens with one attached hydrogen (secondary N) is 2. The van der Waals surface area contributed by atoms with Crippen molar-refractivity contribution in [3.05, 3.63) is 56.6 Å². The minimum Gasteiger partial charge on any atom is -0.326 e. The van der Waals surface area contributed by atoms with Crippen molar-refractivity contribution in [3.63, 3.8) is 0 Å². The molecule has 0 fully saturated rings. The molecule has 2 rings (SSSR count). The van der Waals surface area contributed by atoms with E-state index < -0.39 is 0 Å². The Labute approximate surface area is 153 Å². The highest BCUT2D eigenvalue weighted by molar-refractivity contribution is 14.1. The number of rotatable bonds is 5. The lowest BCUT2D eigenvalue weighted by atomic mass is 10.2. The molecule has 0 saturated carbocycles. The fourth-order valence-corrected chi connectivity index (χ4v) is 2.78. The van der Waals surface area contributed by atoms with Crippen LogP contribution in [-0.4, -0.2) is 11.8 Å². The second kappa shape index (κ2) is 8.31. The fraction of sp³-hybridized carbons (Fsp3) is 0.176. The molecule has 0 atom stereocenters. The smallest absolute Gasteiger partial charge is 0.256 e. The number of hydrogen-bond donors (Lipinski definition) is 2. The predicted molar refractivity (Wildman–Crippen MR) is 102 cm³/mol. The van der Waals surface area contributed by atoms with Crippen LogP contribution in [0.2, 0.25) is 5.02 Å². The van der Waals surface area contributed by atoms with Gasteiger partial charge in [-0.2, -0.15) is 0 Å². The summed E-state index contributed by atoms with van der Waals surface area (Å²) in [6, 6.07) is 12.3. The highest BCUT2D eigenvalue weighted by Gasteiger charge is 2.12. The van der Waals surface area contributed by atoms with Gasteiger partial charge in [0.25, 0.3) is 5.91 Å². The molecule has 2 N–H and O–H groups in total. The maximum atomic E-state index is 12.4. The normalized spacial score (nSPS) is 10.2. The first-order valence-electron chi connectivity index (χ1n) is 7.16. The first-order valence-corrected chi connectivity index (χ1v) is 8.62. The highest BCUT2D eigenvalue weighted by Crippen LogP contribution is 2.26. The standard InChI is InChI=1S/C17H16ClIN2O2/c1-2-5-16(22)20-11-8-9-13(18)15(10-11)21-17(23)12-6-3-4-7-14(12)19/h3-4,6-10H,2,5H2,1H3,(H,20,22)(H,21,23). The van der Waals surface area contributed by atoms with Crippen LogP contribution in [0.5, 0.6) is 0 Å². The van der Waals surface area contributed by atoms with Crippen molar-refractivity contribution in [2.45, 2.75) is 19.8 Å². The van der Waals surface area contributed by atoms with E-state index in [2.05, 4.69) is 33.2 Å². The number of benzene rings is 2. The highest BCUT2D eigenvalue weighted by atomic mass is 127. The van der Waals surface area contributed by atoms with Crippen molar-refractivity contribution in [1.29, 1.82) is 0 Å². The summed E-state index contributed by atoms with van der Waals surface area (Å²) in [6.07, 6.45) is 1.22. The van der Waals surface area contributed by atoms with Gasteiger partial charge in [-0.05, 0) is 59.3 Å². The van der Waals surface area contributed by atoms with Crippen LogP contribution < -0.4 is 10.6 Å². The lowest BCUT2D eigenvalue weighted by Crippen LogP contribution is -2.15. The summed E-state index contributed by atoms with van der Waals surface area (Å²) in [4.78, 5) is 24.0. The zero-order chi connectivity index (χ0) is 16.8. The van der Waals surface area contributed by atoms with Gasteiger partial charge in [0.1, 0.15) is 0 Å². The van der Waals surface area contributed by atoms with E-state index >= 15 is 0 Å². The topological polar surface area (TPSA) is 58.2 Å². The lowest BCUT2D eigenvalue weighted by molar-refractivity contribution is -0.116. The van der Waals surface area contributed by atoms with Gasteiger partial charge in [0.15, 0.2) is 0 Å². The van der Waals surface area contributed by atoms with Crippen molar-refractivity contribution < 1.29 is 9.59 Å². The molecule has 2 aromatic carbocycles. The van der Waals surface area contributed by atoms with Crippen molar-refractivity contribution in [1.82, 2.24) is 0 Å². The Balaban J connectivity index is 2.17. The Hall–Kier alpha value is -1.60. The third kappa shape index (κ3) is 4.94. The van der Waals surface area contributed by atoms with Crippen molar-refractivity contribution >= 4 is 57.4 Å². The number of halogens is 2. The molecule has 0 saturated heterocycles. The third-order valence-electron chi connectivity index (χ3n) is 3.09. The molecule has 0 spiro atoms. The first kappa shape index (κ1) is 17.7. The molecule has 0 aliphatic heterocycles. The monoisotopic (exact) mass is 442 g/mol. The lowest BCUT2D eigenvalue weighted by Gasteiger charge is -2.11. The van der Waals surface area contributed by atoms with E-state index in [9.17, 15) is 9.59 Å². The molecular formula is C17H16ClIN2O2. The molecule has 0 heterocycles. The number of anilines is 2. The summed E-state index contributed by atoms with van der Waals surface area (Å²) < 4.78 is 0.853. The molecule has 0 unspecified atom stereocenters. The van der Waals surface area contributed by atoms with E-state index in [0.717, 1.165) is 9.99 Å². The minimum absolute atomic E-state index is 0.0651. The Kier molecular flexibility index (Phi) is 6.41. The summed E-state index contributed by atoms with van der Waals surface area (Å²) in [5, 5.41) is 5.99. The zero-order valence-electron chi connectivity index (χ0n) is 12.5. The maximum Gasteiger partial charge on any atom is 0.256 e. The fourth-order valence-electron chi connectivity index (χ4n) is 1.98. The van der Waals surface area contributed by atoms with E-state index in [1.54, 1.807) is 30.3 Å². The Morgan fingerprint density at radius 2 is 1.87 bits per heavy atom. The van der Waals surface area contributed by atoms with Crippen LogP contribution in [0, 0.1) is 3.57 Å². The molecule has 4 nitrogen and oxygen atoms in total. The zero-order valence-corrected chi connectivity index (χ0v) is 15.4. The summed E-state index contributed by atoms with van der Waals surface area (Å²) in [5.41, 5.74) is 1.64. The van der Waals surface area contributed by atoms with Gasteiger partial charge in [0, 0.05) is 15.7 Å². The van der Waals surface area contributed by atoms with Crippen LogP contribution in [0.15, 0.2) is 42.5 Å². The van der Waals surface area contributed by atoms with Crippen LogP contribution in [0.4, 0.5) is 11.4 Å². The summed E-state index contributed by atoms with van der Waals surface area (Å²) in [6.45, 7) is 1.94. The molecule has 0 bridgehead atoms. The molecule has 0 aliphatic rings. The van der Waals surface area contributed by atoms with Crippen LogP contribution >= 0.6 is 34.2 Å². The molecular weight excluding hydrogens is 427 g/mol. The SMILES string of the molecule is CCCC(=O)Nc1ccc(Cl)c(NC(=O)c2ccccc2I)c1. The average Bonchev–Trinajstić information content (AvgIpc) is 2.51. The Morgan fingerprint density at radius 1 is 1.13 bits per heavy atom. The average molecular weight is 443 g/mol. The quantitative estimate of drug-likeness (QED) is 0.645. The van der Waals surface area contributed by atoms with E-state index in [0.29, 0.717) is 28.4 Å². The summed E-state index contributed by atoms with van der Waals surface area (Å²) in [5.74, 6) is -0.307. The van der Waals surface area contributed by atoms with Gasteiger partial charge in [0.05, 0.1) is 16.3 Å². The molecule has 0 radical (unpaired) electrons. The molecule has 2 amide bonds. The number of hydrogen-bond acceptors (Lipinski definition) is 2. The minimum atomic E-state index is -0.242. The van der Waals surface area contributed by atoms with Crippen LogP contribution in [0.1, 0.15) is 30.1 Å². The van der Waals surface area contributed by atoms with Gasteiger partial charge in [-0.1, -0.05) is 30.7 Å². The van der Waals surface area contributed by atoms with Crippen LogP contribution in [0.25, 0.3) is 0 Å². The van der Waals surface area contributed by atoms with Crippen LogP contribution in [-0.2, 0) is 4.79 Å². The molecule has 0 aromatic heterocycles. The molecule has 6 heteroatoms. The van der Waals surface area contributed by atoms with Gasteiger partial charge in [0.2, 0.25) is 5.91 Å². The van der Waals surface area contributed by atoms with E-state index in [4.69, 9.17) is 11.6 Å². The summed E-state index contributed by atoms with van der Waals surface area (Å²) in [7, 11) is 0. The predicted octanol–water partition coefficient (Wildman–Crippen LogP) is 4.94. The maximum absolute atomic E-state index is 12.4. The van der Waals surface area contributed by atoms with E-state index in [1.807, 2.05) is 19.1 Å². The second-order valence-corrected chi connectivity index (χ2v) is 6.50. The molecule has 0 aliphatic carbocycles. The Bertz CT molecular complexity index is 734. The van der Waals surface area contributed by atoms with Crippen molar-refractivity contribution in [2.75, 3.05) is 10.6 Å². The summed E-state index contributed by atoms with van der Waals surface area (Å²) >= 11 is 8.24. The molecule has 120 valence electrons. The van der Waals surface area contributed by atoms with Crippen molar-refractivity contribution in [3.8, 4) is 0 Å². The number of amides is 2. The number of carbonyl (C=O) groups is 2. The number of carbonyl (C=O) groups excluding carboxylic acids is 2. The van der Waals surface area contributed by atoms with Gasteiger partial charge >= 0.3 is 0 Å². The van der Waals surface area contributed by atoms with E-state index in [-0.39, 0.29) is 11.8 Å². The van der Waals surface area contributed by atoms with Gasteiger partial charge in [-0.3, -0.25) is 9.59 Å². The van der Waals surface area contributed by atoms with Gasteiger partial charge in [-0.25, -0.2) is 0 Å². The Morgan fingerprint density at radius 3 is 2.57 bits per heavy atom. The van der Waals surface area contributed by atoms with E-state index in [1.165, 1.54) is 0 Å². The first-order chi connectivity index (χ1) is 11.0.